The molecular weight excluding hydrogens is 314 g/mol. The molecule has 0 heterocycles. The van der Waals surface area contributed by atoms with Crippen molar-refractivity contribution in [3.8, 4) is 0 Å². The molecule has 21 heavy (non-hydrogen) atoms. The Morgan fingerprint density at radius 1 is 1.29 bits per heavy atom. The molecule has 0 bridgehead atoms. The van der Waals surface area contributed by atoms with E-state index in [9.17, 15) is 22.7 Å². The number of aliphatic hydroxyl groups is 2. The zero-order chi connectivity index (χ0) is 16.0. The topological polar surface area (TPSA) is 43.7 Å². The Morgan fingerprint density at radius 2 is 1.95 bits per heavy atom. The lowest BCUT2D eigenvalue weighted by Gasteiger charge is -2.25. The van der Waals surface area contributed by atoms with E-state index in [1.165, 1.54) is 17.0 Å². The minimum absolute atomic E-state index is 0.134. The summed E-state index contributed by atoms with van der Waals surface area (Å²) in [6.45, 7) is -1.33. The van der Waals surface area contributed by atoms with Crippen LogP contribution < -0.4 is 0 Å². The first kappa shape index (κ1) is 18.2. The molecular formula is C13H16ClF4NO2. The molecule has 0 saturated carbocycles. The van der Waals surface area contributed by atoms with Gasteiger partial charge in [-0.25, -0.2) is 4.39 Å². The zero-order valence-electron chi connectivity index (χ0n) is 11.1. The highest BCUT2D eigenvalue weighted by Gasteiger charge is 2.28. The molecule has 0 aliphatic rings. The van der Waals surface area contributed by atoms with Gasteiger partial charge in [-0.3, -0.25) is 4.90 Å². The van der Waals surface area contributed by atoms with Crippen molar-refractivity contribution in [2.45, 2.75) is 25.2 Å². The van der Waals surface area contributed by atoms with Crippen molar-refractivity contribution in [1.29, 1.82) is 0 Å². The lowest BCUT2D eigenvalue weighted by Crippen LogP contribution is -2.36. The van der Waals surface area contributed by atoms with E-state index in [1.54, 1.807) is 0 Å². The van der Waals surface area contributed by atoms with Crippen molar-refractivity contribution < 1.29 is 27.8 Å². The maximum atomic E-state index is 13.6. The summed E-state index contributed by atoms with van der Waals surface area (Å²) in [6, 6.07) is 3.79. The second-order valence-electron chi connectivity index (χ2n) is 4.67. The van der Waals surface area contributed by atoms with Crippen LogP contribution in [0.4, 0.5) is 17.6 Å². The van der Waals surface area contributed by atoms with Crippen LogP contribution in [0.2, 0.25) is 5.02 Å². The quantitative estimate of drug-likeness (QED) is 0.756. The van der Waals surface area contributed by atoms with Gasteiger partial charge in [0.1, 0.15) is 5.82 Å². The lowest BCUT2D eigenvalue weighted by molar-refractivity contribution is -0.139. The molecule has 0 fully saturated rings. The standard InChI is InChI=1S/C13H16ClF4NO2/c14-10-1-2-12(15)9(5-10)6-19(7-11(21)8-20)4-3-13(16,17)18/h1-2,5,11,20-21H,3-4,6-8H2/t11-/m0/s1. The predicted molar refractivity (Wildman–Crippen MR) is 70.5 cm³/mol. The molecule has 8 heteroatoms. The highest BCUT2D eigenvalue weighted by Crippen LogP contribution is 2.22. The summed E-state index contributed by atoms with van der Waals surface area (Å²) in [7, 11) is 0. The van der Waals surface area contributed by atoms with Crippen molar-refractivity contribution in [2.75, 3.05) is 19.7 Å². The van der Waals surface area contributed by atoms with Crippen LogP contribution in [0.3, 0.4) is 0 Å². The molecule has 0 aliphatic carbocycles. The number of aliphatic hydroxyl groups excluding tert-OH is 2. The number of benzene rings is 1. The minimum atomic E-state index is -4.35. The van der Waals surface area contributed by atoms with Crippen molar-refractivity contribution in [1.82, 2.24) is 4.90 Å². The van der Waals surface area contributed by atoms with Gasteiger partial charge in [-0.05, 0) is 18.2 Å². The first-order valence-electron chi connectivity index (χ1n) is 6.23. The Morgan fingerprint density at radius 3 is 2.52 bits per heavy atom. The molecule has 0 radical (unpaired) electrons. The van der Waals surface area contributed by atoms with Gasteiger partial charge in [0.2, 0.25) is 0 Å². The fraction of sp³-hybridized carbons (Fsp3) is 0.538. The van der Waals surface area contributed by atoms with E-state index in [1.807, 2.05) is 0 Å². The third-order valence-electron chi connectivity index (χ3n) is 2.79. The van der Waals surface area contributed by atoms with Crippen LogP contribution >= 0.6 is 11.6 Å². The van der Waals surface area contributed by atoms with Gasteiger partial charge in [0, 0.05) is 30.2 Å². The second-order valence-corrected chi connectivity index (χ2v) is 5.11. The molecule has 1 rings (SSSR count). The minimum Gasteiger partial charge on any atom is -0.394 e. The van der Waals surface area contributed by atoms with Gasteiger partial charge in [-0.2, -0.15) is 13.2 Å². The Kier molecular flexibility index (Phi) is 6.86. The molecule has 1 atom stereocenters. The Hall–Kier alpha value is -0.890. The van der Waals surface area contributed by atoms with Crippen LogP contribution in [-0.4, -0.2) is 47.1 Å². The number of rotatable bonds is 7. The molecule has 0 spiro atoms. The van der Waals surface area contributed by atoms with Gasteiger partial charge in [0.05, 0.1) is 19.1 Å². The zero-order valence-corrected chi connectivity index (χ0v) is 11.8. The first-order valence-corrected chi connectivity index (χ1v) is 6.61. The van der Waals surface area contributed by atoms with Crippen LogP contribution in [0.5, 0.6) is 0 Å². The average Bonchev–Trinajstić information content (AvgIpc) is 2.39. The SMILES string of the molecule is OC[C@@H](O)CN(CCC(F)(F)F)Cc1cc(Cl)ccc1F. The van der Waals surface area contributed by atoms with Gasteiger partial charge < -0.3 is 10.2 Å². The molecule has 0 aromatic heterocycles. The number of nitrogens with zero attached hydrogens (tertiary/aromatic N) is 1. The second kappa shape index (κ2) is 7.93. The third-order valence-corrected chi connectivity index (χ3v) is 3.03. The highest BCUT2D eigenvalue weighted by atomic mass is 35.5. The Bertz CT molecular complexity index is 456. The van der Waals surface area contributed by atoms with E-state index >= 15 is 0 Å². The summed E-state index contributed by atoms with van der Waals surface area (Å²) in [5, 5.41) is 18.4. The van der Waals surface area contributed by atoms with Crippen LogP contribution in [-0.2, 0) is 6.54 Å². The van der Waals surface area contributed by atoms with Gasteiger partial charge in [-0.1, -0.05) is 11.6 Å². The maximum absolute atomic E-state index is 13.6. The van der Waals surface area contributed by atoms with Crippen LogP contribution in [0.15, 0.2) is 18.2 Å². The number of halogens is 5. The smallest absolute Gasteiger partial charge is 0.390 e. The van der Waals surface area contributed by atoms with Crippen LogP contribution in [0, 0.1) is 5.82 Å². The molecule has 0 unspecified atom stereocenters. The number of hydrogen-bond acceptors (Lipinski definition) is 3. The monoisotopic (exact) mass is 329 g/mol. The molecule has 3 nitrogen and oxygen atoms in total. The molecule has 120 valence electrons. The van der Waals surface area contributed by atoms with E-state index in [2.05, 4.69) is 0 Å². The Labute approximate surface area is 124 Å². The van der Waals surface area contributed by atoms with Crippen LogP contribution in [0.1, 0.15) is 12.0 Å². The van der Waals surface area contributed by atoms with Crippen LogP contribution in [0.25, 0.3) is 0 Å². The van der Waals surface area contributed by atoms with Crippen molar-refractivity contribution >= 4 is 11.6 Å². The Balaban J connectivity index is 2.77. The molecule has 0 aliphatic heterocycles. The summed E-state index contributed by atoms with van der Waals surface area (Å²) >= 11 is 5.73. The highest BCUT2D eigenvalue weighted by molar-refractivity contribution is 6.30. The van der Waals surface area contributed by atoms with E-state index in [-0.39, 0.29) is 23.7 Å². The summed E-state index contributed by atoms with van der Waals surface area (Å²) in [4.78, 5) is 1.23. The van der Waals surface area contributed by atoms with Crippen molar-refractivity contribution in [2.24, 2.45) is 0 Å². The molecule has 0 saturated heterocycles. The summed E-state index contributed by atoms with van der Waals surface area (Å²) < 4.78 is 50.5. The average molecular weight is 330 g/mol. The van der Waals surface area contributed by atoms with E-state index < -0.39 is 37.7 Å². The fourth-order valence-corrected chi connectivity index (χ4v) is 1.98. The van der Waals surface area contributed by atoms with Crippen molar-refractivity contribution in [3.05, 3.63) is 34.6 Å². The van der Waals surface area contributed by atoms with E-state index in [4.69, 9.17) is 16.7 Å². The lowest BCUT2D eigenvalue weighted by atomic mass is 10.2. The third kappa shape index (κ3) is 7.08. The van der Waals surface area contributed by atoms with Gasteiger partial charge in [-0.15, -0.1) is 0 Å². The van der Waals surface area contributed by atoms with Crippen molar-refractivity contribution in [3.63, 3.8) is 0 Å². The molecule has 1 aromatic rings. The summed E-state index contributed by atoms with van der Waals surface area (Å²) in [6.07, 6.45) is -6.64. The normalized spacial score (nSPS) is 13.7. The molecule has 2 N–H and O–H groups in total. The van der Waals surface area contributed by atoms with E-state index in [0.717, 1.165) is 6.07 Å². The largest absolute Gasteiger partial charge is 0.394 e. The van der Waals surface area contributed by atoms with Gasteiger partial charge >= 0.3 is 6.18 Å². The summed E-state index contributed by atoms with van der Waals surface area (Å²) in [5.41, 5.74) is 0.134. The fourth-order valence-electron chi connectivity index (χ4n) is 1.78. The summed E-state index contributed by atoms with van der Waals surface area (Å²) in [5.74, 6) is -0.588. The molecule has 0 amide bonds. The molecule has 1 aromatic carbocycles. The predicted octanol–water partition coefficient (Wildman–Crippen LogP) is 2.59. The first-order chi connectivity index (χ1) is 9.71. The maximum Gasteiger partial charge on any atom is 0.390 e. The van der Waals surface area contributed by atoms with E-state index in [0.29, 0.717) is 0 Å². The van der Waals surface area contributed by atoms with Gasteiger partial charge in [0.25, 0.3) is 0 Å². The van der Waals surface area contributed by atoms with Gasteiger partial charge in [0.15, 0.2) is 0 Å². The number of alkyl halides is 3. The number of hydrogen-bond donors (Lipinski definition) is 2.